The molecule has 1 aliphatic carbocycles. The van der Waals surface area contributed by atoms with Crippen LogP contribution in [0.15, 0.2) is 18.3 Å². The molecular weight excluding hydrogens is 292 g/mol. The minimum absolute atomic E-state index is 0.130. The predicted molar refractivity (Wildman–Crippen MR) is 85.2 cm³/mol. The predicted octanol–water partition coefficient (Wildman–Crippen LogP) is 1.87. The Labute approximate surface area is 134 Å². The average Bonchev–Trinajstić information content (AvgIpc) is 3.22. The van der Waals surface area contributed by atoms with Gasteiger partial charge in [-0.3, -0.25) is 9.89 Å². The van der Waals surface area contributed by atoms with Gasteiger partial charge in [-0.05, 0) is 49.8 Å². The van der Waals surface area contributed by atoms with Crippen LogP contribution in [-0.2, 0) is 17.6 Å². The Hall–Kier alpha value is -2.21. The summed E-state index contributed by atoms with van der Waals surface area (Å²) in [6.07, 6.45) is 7.07. The van der Waals surface area contributed by atoms with Crippen molar-refractivity contribution in [2.75, 3.05) is 13.2 Å². The van der Waals surface area contributed by atoms with E-state index in [1.54, 1.807) is 6.07 Å². The second-order valence-corrected chi connectivity index (χ2v) is 6.15. The van der Waals surface area contributed by atoms with Crippen molar-refractivity contribution in [1.82, 2.24) is 20.5 Å². The number of ether oxygens (including phenoxy) is 1. The standard InChI is InChI=1S/C17H20N4O2/c22-17(18-10-12-4-2-8-23-12)15-7-6-13-14(20-15)5-1-3-11-9-19-21-16(11)13/h6-7,9,12H,1-5,8,10H2,(H,18,22)(H,19,21)/t12-/m0/s1. The summed E-state index contributed by atoms with van der Waals surface area (Å²) < 4.78 is 5.53. The van der Waals surface area contributed by atoms with E-state index in [2.05, 4.69) is 20.5 Å². The van der Waals surface area contributed by atoms with Crippen molar-refractivity contribution in [2.45, 2.75) is 38.2 Å². The lowest BCUT2D eigenvalue weighted by atomic mass is 10.1. The first-order valence-corrected chi connectivity index (χ1v) is 8.24. The molecule has 2 aromatic heterocycles. The zero-order chi connectivity index (χ0) is 15.6. The van der Waals surface area contributed by atoms with Gasteiger partial charge in [0.15, 0.2) is 0 Å². The molecule has 6 nitrogen and oxygen atoms in total. The van der Waals surface area contributed by atoms with Crippen molar-refractivity contribution in [3.05, 3.63) is 35.3 Å². The van der Waals surface area contributed by atoms with Gasteiger partial charge in [-0.25, -0.2) is 4.98 Å². The minimum Gasteiger partial charge on any atom is -0.376 e. The van der Waals surface area contributed by atoms with E-state index in [4.69, 9.17) is 4.74 Å². The van der Waals surface area contributed by atoms with Gasteiger partial charge < -0.3 is 10.1 Å². The van der Waals surface area contributed by atoms with Gasteiger partial charge >= 0.3 is 0 Å². The van der Waals surface area contributed by atoms with Crippen LogP contribution in [-0.4, -0.2) is 40.3 Å². The van der Waals surface area contributed by atoms with Crippen molar-refractivity contribution < 1.29 is 9.53 Å². The topological polar surface area (TPSA) is 79.9 Å². The van der Waals surface area contributed by atoms with Crippen LogP contribution in [0.1, 0.15) is 41.0 Å². The molecule has 23 heavy (non-hydrogen) atoms. The third kappa shape index (κ3) is 2.86. The zero-order valence-corrected chi connectivity index (χ0v) is 13.0. The van der Waals surface area contributed by atoms with Gasteiger partial charge in [0.1, 0.15) is 5.69 Å². The Balaban J connectivity index is 1.53. The van der Waals surface area contributed by atoms with E-state index in [-0.39, 0.29) is 12.0 Å². The van der Waals surface area contributed by atoms with Crippen molar-refractivity contribution in [3.63, 3.8) is 0 Å². The number of aryl methyl sites for hydroxylation is 2. The number of H-pyrrole nitrogens is 1. The number of carbonyl (C=O) groups excluding carboxylic acids is 1. The van der Waals surface area contributed by atoms with Crippen LogP contribution in [0.25, 0.3) is 11.3 Å². The number of amides is 1. The van der Waals surface area contributed by atoms with Crippen LogP contribution >= 0.6 is 0 Å². The van der Waals surface area contributed by atoms with Gasteiger partial charge in [0.2, 0.25) is 0 Å². The maximum absolute atomic E-state index is 12.3. The number of aromatic amines is 1. The zero-order valence-electron chi connectivity index (χ0n) is 13.0. The molecule has 4 rings (SSSR count). The molecule has 6 heteroatoms. The molecule has 1 aliphatic heterocycles. The molecule has 3 heterocycles. The van der Waals surface area contributed by atoms with Gasteiger partial charge in [-0.1, -0.05) is 0 Å². The highest BCUT2D eigenvalue weighted by atomic mass is 16.5. The summed E-state index contributed by atoms with van der Waals surface area (Å²) in [5.41, 5.74) is 4.66. The molecule has 2 aliphatic rings. The van der Waals surface area contributed by atoms with Crippen LogP contribution in [0, 0.1) is 0 Å². The fourth-order valence-electron chi connectivity index (χ4n) is 3.32. The van der Waals surface area contributed by atoms with Crippen LogP contribution in [0.5, 0.6) is 0 Å². The Morgan fingerprint density at radius 3 is 3.17 bits per heavy atom. The fraction of sp³-hybridized carbons (Fsp3) is 0.471. The first-order chi connectivity index (χ1) is 11.3. The number of rotatable bonds is 3. The summed E-state index contributed by atoms with van der Waals surface area (Å²) in [6.45, 7) is 1.35. The largest absolute Gasteiger partial charge is 0.376 e. The summed E-state index contributed by atoms with van der Waals surface area (Å²) in [4.78, 5) is 16.9. The van der Waals surface area contributed by atoms with E-state index in [0.29, 0.717) is 12.2 Å². The van der Waals surface area contributed by atoms with E-state index in [1.807, 2.05) is 12.3 Å². The van der Waals surface area contributed by atoms with E-state index < -0.39 is 0 Å². The number of fused-ring (bicyclic) bond motifs is 3. The Morgan fingerprint density at radius 1 is 1.35 bits per heavy atom. The summed E-state index contributed by atoms with van der Waals surface area (Å²) >= 11 is 0. The number of hydrogen-bond acceptors (Lipinski definition) is 4. The number of aromatic nitrogens is 3. The van der Waals surface area contributed by atoms with Crippen molar-refractivity contribution in [3.8, 4) is 11.3 Å². The summed E-state index contributed by atoms with van der Waals surface area (Å²) in [6, 6.07) is 3.75. The number of carbonyl (C=O) groups is 1. The molecule has 0 saturated carbocycles. The molecule has 0 unspecified atom stereocenters. The van der Waals surface area contributed by atoms with Gasteiger partial charge in [-0.15, -0.1) is 0 Å². The molecule has 2 aromatic rings. The molecule has 0 spiro atoms. The van der Waals surface area contributed by atoms with Gasteiger partial charge in [0.25, 0.3) is 5.91 Å². The quantitative estimate of drug-likeness (QED) is 0.907. The van der Waals surface area contributed by atoms with E-state index in [9.17, 15) is 4.79 Å². The highest BCUT2D eigenvalue weighted by Crippen LogP contribution is 2.29. The van der Waals surface area contributed by atoms with E-state index in [0.717, 1.165) is 55.7 Å². The highest BCUT2D eigenvalue weighted by molar-refractivity contribution is 5.92. The molecule has 0 bridgehead atoms. The highest BCUT2D eigenvalue weighted by Gasteiger charge is 2.21. The average molecular weight is 312 g/mol. The third-order valence-corrected chi connectivity index (χ3v) is 4.56. The molecule has 120 valence electrons. The number of nitrogens with one attached hydrogen (secondary N) is 2. The van der Waals surface area contributed by atoms with E-state index >= 15 is 0 Å². The van der Waals surface area contributed by atoms with Crippen LogP contribution in [0.2, 0.25) is 0 Å². The lowest BCUT2D eigenvalue weighted by Crippen LogP contribution is -2.32. The fourth-order valence-corrected chi connectivity index (χ4v) is 3.32. The molecule has 1 fully saturated rings. The minimum atomic E-state index is -0.130. The number of nitrogens with zero attached hydrogens (tertiary/aromatic N) is 2. The molecule has 0 radical (unpaired) electrons. The Kier molecular flexibility index (Phi) is 3.83. The van der Waals surface area contributed by atoms with Crippen LogP contribution in [0.4, 0.5) is 0 Å². The van der Waals surface area contributed by atoms with E-state index in [1.165, 1.54) is 5.56 Å². The second-order valence-electron chi connectivity index (χ2n) is 6.15. The second kappa shape index (κ2) is 6.12. The smallest absolute Gasteiger partial charge is 0.269 e. The monoisotopic (exact) mass is 312 g/mol. The van der Waals surface area contributed by atoms with Crippen LogP contribution < -0.4 is 5.32 Å². The normalized spacial score (nSPS) is 19.7. The maximum Gasteiger partial charge on any atom is 0.269 e. The number of hydrogen-bond donors (Lipinski definition) is 2. The summed E-state index contributed by atoms with van der Waals surface area (Å²) in [5, 5.41) is 10.2. The van der Waals surface area contributed by atoms with Crippen LogP contribution in [0.3, 0.4) is 0 Å². The molecule has 1 amide bonds. The molecule has 0 aromatic carbocycles. The Morgan fingerprint density at radius 2 is 2.30 bits per heavy atom. The van der Waals surface area contributed by atoms with Gasteiger partial charge in [0, 0.05) is 24.9 Å². The lowest BCUT2D eigenvalue weighted by Gasteiger charge is -2.11. The third-order valence-electron chi connectivity index (χ3n) is 4.56. The van der Waals surface area contributed by atoms with Gasteiger partial charge in [0.05, 0.1) is 17.5 Å². The van der Waals surface area contributed by atoms with Crippen molar-refractivity contribution in [1.29, 1.82) is 0 Å². The molecular formula is C17H20N4O2. The summed E-state index contributed by atoms with van der Waals surface area (Å²) in [7, 11) is 0. The first kappa shape index (κ1) is 14.4. The van der Waals surface area contributed by atoms with Crippen molar-refractivity contribution >= 4 is 5.91 Å². The first-order valence-electron chi connectivity index (χ1n) is 8.24. The van der Waals surface area contributed by atoms with Gasteiger partial charge in [-0.2, -0.15) is 5.10 Å². The number of pyridine rings is 1. The lowest BCUT2D eigenvalue weighted by molar-refractivity contribution is 0.0853. The van der Waals surface area contributed by atoms with Crippen molar-refractivity contribution in [2.24, 2.45) is 0 Å². The summed E-state index contributed by atoms with van der Waals surface area (Å²) in [5.74, 6) is -0.130. The Bertz CT molecular complexity index is 719. The SMILES string of the molecule is O=C(NC[C@@H]1CCCO1)c1ccc2c(n1)CCCc1c[nH]nc1-2. The molecule has 1 saturated heterocycles. The molecule has 2 N–H and O–H groups in total. The maximum atomic E-state index is 12.3. The molecule has 1 atom stereocenters.